The minimum atomic E-state index is -3.15. The summed E-state index contributed by atoms with van der Waals surface area (Å²) < 4.78 is 29.7. The Morgan fingerprint density at radius 3 is 2.55 bits per heavy atom. The van der Waals surface area contributed by atoms with E-state index < -0.39 is 15.1 Å². The summed E-state index contributed by atoms with van der Waals surface area (Å²) in [5, 5.41) is 3.35. The lowest BCUT2D eigenvalue weighted by molar-refractivity contribution is 0.0777. The minimum absolute atomic E-state index is 0.0237. The van der Waals surface area contributed by atoms with Crippen LogP contribution in [0.25, 0.3) is 0 Å². The van der Waals surface area contributed by atoms with E-state index in [0.717, 1.165) is 0 Å². The number of aromatic nitrogens is 1. The van der Waals surface area contributed by atoms with Gasteiger partial charge in [0.25, 0.3) is 5.91 Å². The highest BCUT2D eigenvalue weighted by Crippen LogP contribution is 2.36. The maximum Gasteiger partial charge on any atom is 0.259 e. The molecule has 3 rings (SSSR count). The van der Waals surface area contributed by atoms with Crippen molar-refractivity contribution >= 4 is 15.7 Å². The van der Waals surface area contributed by atoms with Gasteiger partial charge in [0.05, 0.1) is 16.7 Å². The van der Waals surface area contributed by atoms with Crippen LogP contribution in [0.15, 0.2) is 4.52 Å². The molecule has 2 aliphatic heterocycles. The summed E-state index contributed by atoms with van der Waals surface area (Å²) in [7, 11) is 0.632. The Morgan fingerprint density at radius 2 is 2.00 bits per heavy atom. The fraction of sp³-hybridized carbons (Fsp3) is 0.714. The summed E-state index contributed by atoms with van der Waals surface area (Å²) in [5.41, 5.74) is 1.00. The summed E-state index contributed by atoms with van der Waals surface area (Å²) in [6.45, 7) is 4.15. The smallest absolute Gasteiger partial charge is 0.259 e. The molecule has 2 saturated heterocycles. The molecular formula is C14H21N3O4S. The van der Waals surface area contributed by atoms with Gasteiger partial charge in [-0.25, -0.2) is 8.42 Å². The molecule has 3 atom stereocenters. The Kier molecular flexibility index (Phi) is 3.56. The van der Waals surface area contributed by atoms with Gasteiger partial charge in [0.15, 0.2) is 9.84 Å². The van der Waals surface area contributed by atoms with Crippen molar-refractivity contribution in [3.05, 3.63) is 17.0 Å². The van der Waals surface area contributed by atoms with E-state index in [1.165, 1.54) is 0 Å². The quantitative estimate of drug-likeness (QED) is 0.765. The van der Waals surface area contributed by atoms with E-state index >= 15 is 0 Å². The molecule has 2 aliphatic rings. The van der Waals surface area contributed by atoms with Crippen molar-refractivity contribution in [3.8, 4) is 0 Å². The Morgan fingerprint density at radius 1 is 1.32 bits per heavy atom. The molecule has 122 valence electrons. The zero-order chi connectivity index (χ0) is 16.2. The van der Waals surface area contributed by atoms with Crippen LogP contribution in [-0.4, -0.2) is 73.5 Å². The average molecular weight is 327 g/mol. The van der Waals surface area contributed by atoms with Gasteiger partial charge in [0.1, 0.15) is 11.3 Å². The molecule has 8 heteroatoms. The highest BCUT2D eigenvalue weighted by atomic mass is 32.2. The van der Waals surface area contributed by atoms with Crippen molar-refractivity contribution in [3.63, 3.8) is 0 Å². The first-order valence-electron chi connectivity index (χ1n) is 7.32. The Bertz CT molecular complexity index is 690. The van der Waals surface area contributed by atoms with E-state index in [1.54, 1.807) is 18.7 Å². The van der Waals surface area contributed by atoms with Crippen LogP contribution in [0.4, 0.5) is 0 Å². The second kappa shape index (κ2) is 5.06. The Balaban J connectivity index is 1.87. The number of likely N-dealkylation sites (tertiary alicyclic amines) is 1. The third-order valence-corrected chi connectivity index (χ3v) is 7.09. The predicted octanol–water partition coefficient (Wildman–Crippen LogP) is 0.0906. The number of rotatable bonds is 2. The lowest BCUT2D eigenvalue weighted by Gasteiger charge is -2.25. The molecule has 0 bridgehead atoms. The van der Waals surface area contributed by atoms with E-state index in [1.807, 2.05) is 19.0 Å². The number of carbonyl (C=O) groups excluding carboxylic acids is 1. The van der Waals surface area contributed by atoms with Crippen molar-refractivity contribution < 1.29 is 17.7 Å². The molecule has 0 N–H and O–H groups in total. The molecule has 2 fully saturated rings. The van der Waals surface area contributed by atoms with E-state index in [9.17, 15) is 13.2 Å². The lowest BCUT2D eigenvalue weighted by Crippen LogP contribution is -2.38. The van der Waals surface area contributed by atoms with E-state index in [0.29, 0.717) is 23.6 Å². The molecule has 0 aliphatic carbocycles. The molecule has 7 nitrogen and oxygen atoms in total. The summed E-state index contributed by atoms with van der Waals surface area (Å²) in [5.74, 6) is 0.456. The highest BCUT2D eigenvalue weighted by Gasteiger charge is 2.53. The van der Waals surface area contributed by atoms with Crippen LogP contribution >= 0.6 is 0 Å². The monoisotopic (exact) mass is 327 g/mol. The number of nitrogens with zero attached hydrogens (tertiary/aromatic N) is 3. The average Bonchev–Trinajstić information content (AvgIpc) is 3.05. The van der Waals surface area contributed by atoms with Gasteiger partial charge in [-0.1, -0.05) is 5.16 Å². The van der Waals surface area contributed by atoms with Gasteiger partial charge in [-0.3, -0.25) is 4.79 Å². The number of carbonyl (C=O) groups is 1. The van der Waals surface area contributed by atoms with Crippen LogP contribution < -0.4 is 0 Å². The summed E-state index contributed by atoms with van der Waals surface area (Å²) in [6, 6.07) is -0.0301. The second-order valence-corrected chi connectivity index (χ2v) is 8.74. The fourth-order valence-corrected chi connectivity index (χ4v) is 6.15. The number of sulfone groups is 1. The second-order valence-electron chi connectivity index (χ2n) is 6.47. The third-order valence-electron chi connectivity index (χ3n) is 4.87. The summed E-state index contributed by atoms with van der Waals surface area (Å²) in [4.78, 5) is 16.3. The number of fused-ring (bicyclic) bond motifs is 1. The zero-order valence-corrected chi connectivity index (χ0v) is 14.1. The van der Waals surface area contributed by atoms with E-state index in [2.05, 4.69) is 5.16 Å². The van der Waals surface area contributed by atoms with Crippen molar-refractivity contribution in [2.45, 2.75) is 25.1 Å². The van der Waals surface area contributed by atoms with E-state index in [4.69, 9.17) is 4.52 Å². The maximum atomic E-state index is 12.7. The molecule has 0 spiro atoms. The topological polar surface area (TPSA) is 83.7 Å². The van der Waals surface area contributed by atoms with Gasteiger partial charge in [0, 0.05) is 25.0 Å². The maximum absolute atomic E-state index is 12.7. The Hall–Kier alpha value is -1.41. The van der Waals surface area contributed by atoms with Crippen molar-refractivity contribution in [2.75, 3.05) is 32.9 Å². The predicted molar refractivity (Wildman–Crippen MR) is 80.4 cm³/mol. The number of hydrogen-bond donors (Lipinski definition) is 0. The Labute approximate surface area is 130 Å². The van der Waals surface area contributed by atoms with Gasteiger partial charge in [0.2, 0.25) is 0 Å². The van der Waals surface area contributed by atoms with Gasteiger partial charge in [-0.2, -0.15) is 0 Å². The van der Waals surface area contributed by atoms with Crippen molar-refractivity contribution in [1.29, 1.82) is 0 Å². The molecule has 1 aromatic rings. The van der Waals surface area contributed by atoms with Crippen molar-refractivity contribution in [1.82, 2.24) is 15.0 Å². The largest absolute Gasteiger partial charge is 0.361 e. The van der Waals surface area contributed by atoms with Gasteiger partial charge in [-0.05, 0) is 27.9 Å². The molecule has 1 aromatic heterocycles. The van der Waals surface area contributed by atoms with Crippen LogP contribution in [0.3, 0.4) is 0 Å². The number of aryl methyl sites for hydroxylation is 2. The standard InChI is InChI=1S/C14H21N3O4S/c1-8-13(9(2)21-15-8)14(18)17-5-10-11(16(3)4)7-22(19,20)12(10)6-17/h10-12H,5-7H2,1-4H3/t10-,11-,12-/m0/s1. The van der Waals surface area contributed by atoms with Gasteiger partial charge in [-0.15, -0.1) is 0 Å². The van der Waals surface area contributed by atoms with Crippen molar-refractivity contribution in [2.24, 2.45) is 5.92 Å². The molecule has 22 heavy (non-hydrogen) atoms. The van der Waals surface area contributed by atoms with Gasteiger partial charge >= 0.3 is 0 Å². The molecule has 3 heterocycles. The molecule has 0 radical (unpaired) electrons. The van der Waals surface area contributed by atoms with Crippen LogP contribution in [0, 0.1) is 19.8 Å². The molecule has 0 saturated carbocycles. The SMILES string of the molecule is Cc1noc(C)c1C(=O)N1C[C@H]2[C@@H](N(C)C)CS(=O)(=O)[C@H]2C1. The van der Waals surface area contributed by atoms with E-state index in [-0.39, 0.29) is 30.2 Å². The summed E-state index contributed by atoms with van der Waals surface area (Å²) in [6.07, 6.45) is 0. The normalized spacial score (nSPS) is 30.0. The van der Waals surface area contributed by atoms with Crippen LogP contribution in [0.2, 0.25) is 0 Å². The van der Waals surface area contributed by atoms with Crippen LogP contribution in [-0.2, 0) is 9.84 Å². The number of hydrogen-bond acceptors (Lipinski definition) is 6. The third kappa shape index (κ3) is 2.25. The summed E-state index contributed by atoms with van der Waals surface area (Å²) >= 11 is 0. The molecule has 1 amide bonds. The fourth-order valence-electron chi connectivity index (χ4n) is 3.68. The first-order chi connectivity index (χ1) is 10.2. The number of amides is 1. The first kappa shape index (κ1) is 15.5. The first-order valence-corrected chi connectivity index (χ1v) is 9.04. The van der Waals surface area contributed by atoms with Gasteiger partial charge < -0.3 is 14.3 Å². The van der Waals surface area contributed by atoms with Crippen LogP contribution in [0.1, 0.15) is 21.8 Å². The molecule has 0 aromatic carbocycles. The van der Waals surface area contributed by atoms with Crippen LogP contribution in [0.5, 0.6) is 0 Å². The lowest BCUT2D eigenvalue weighted by atomic mass is 10.00. The highest BCUT2D eigenvalue weighted by molar-refractivity contribution is 7.92. The molecular weight excluding hydrogens is 306 g/mol. The minimum Gasteiger partial charge on any atom is -0.361 e. The molecule has 0 unspecified atom stereocenters. The zero-order valence-electron chi connectivity index (χ0n) is 13.2.